The zero-order valence-electron chi connectivity index (χ0n) is 13.4. The number of rotatable bonds is 3. The van der Waals surface area contributed by atoms with Gasteiger partial charge < -0.3 is 15.1 Å². The number of aromatic hydroxyl groups is 1. The lowest BCUT2D eigenvalue weighted by Gasteiger charge is -1.99. The second kappa shape index (κ2) is 6.41. The van der Waals surface area contributed by atoms with Gasteiger partial charge in [0.05, 0.1) is 16.7 Å². The number of para-hydroxylation sites is 2. The molecule has 2 aromatic heterocycles. The number of aromatic amines is 3. The SMILES string of the molecule is O=c1[nH]c(=S)[nH]c(O)c1C=Nc1ccc(-c2nc3ccccc3[nH]2)cc1. The summed E-state index contributed by atoms with van der Waals surface area (Å²) >= 11 is 4.78. The molecule has 0 saturated carbocycles. The molecule has 4 rings (SSSR count). The van der Waals surface area contributed by atoms with E-state index in [4.69, 9.17) is 12.2 Å². The maximum absolute atomic E-state index is 11.8. The van der Waals surface area contributed by atoms with Gasteiger partial charge in [0.1, 0.15) is 11.4 Å². The van der Waals surface area contributed by atoms with Crippen molar-refractivity contribution < 1.29 is 5.11 Å². The van der Waals surface area contributed by atoms with E-state index in [-0.39, 0.29) is 16.2 Å². The van der Waals surface area contributed by atoms with E-state index in [0.29, 0.717) is 5.69 Å². The highest BCUT2D eigenvalue weighted by Crippen LogP contribution is 2.23. The number of nitrogens with one attached hydrogen (secondary N) is 3. The molecule has 0 atom stereocenters. The number of hydrogen-bond acceptors (Lipinski definition) is 5. The lowest BCUT2D eigenvalue weighted by Crippen LogP contribution is -2.13. The molecule has 8 heteroatoms. The summed E-state index contributed by atoms with van der Waals surface area (Å²) in [4.78, 5) is 28.7. The summed E-state index contributed by atoms with van der Waals surface area (Å²) in [7, 11) is 0. The molecule has 7 nitrogen and oxygen atoms in total. The van der Waals surface area contributed by atoms with Gasteiger partial charge in [0, 0.05) is 11.8 Å². The van der Waals surface area contributed by atoms with E-state index < -0.39 is 5.56 Å². The zero-order valence-corrected chi connectivity index (χ0v) is 14.2. The first-order valence-electron chi connectivity index (χ1n) is 7.75. The number of imidazole rings is 1. The Morgan fingerprint density at radius 2 is 1.81 bits per heavy atom. The lowest BCUT2D eigenvalue weighted by atomic mass is 10.2. The Morgan fingerprint density at radius 3 is 2.54 bits per heavy atom. The van der Waals surface area contributed by atoms with Gasteiger partial charge in [0.2, 0.25) is 5.88 Å². The monoisotopic (exact) mass is 363 g/mol. The molecule has 26 heavy (non-hydrogen) atoms. The molecule has 0 fully saturated rings. The molecule has 0 aliphatic carbocycles. The van der Waals surface area contributed by atoms with Crippen molar-refractivity contribution in [1.29, 1.82) is 0 Å². The van der Waals surface area contributed by atoms with E-state index in [2.05, 4.69) is 24.9 Å². The first-order chi connectivity index (χ1) is 12.6. The fraction of sp³-hybridized carbons (Fsp3) is 0. The highest BCUT2D eigenvalue weighted by Gasteiger charge is 2.06. The van der Waals surface area contributed by atoms with Crippen LogP contribution in [-0.4, -0.2) is 31.3 Å². The molecule has 0 unspecified atom stereocenters. The summed E-state index contributed by atoms with van der Waals surface area (Å²) in [5.74, 6) is 0.452. The highest BCUT2D eigenvalue weighted by atomic mass is 32.1. The van der Waals surface area contributed by atoms with E-state index in [1.807, 2.05) is 36.4 Å². The third-order valence-electron chi connectivity index (χ3n) is 3.83. The molecule has 0 spiro atoms. The van der Waals surface area contributed by atoms with Crippen molar-refractivity contribution in [2.45, 2.75) is 0 Å². The van der Waals surface area contributed by atoms with E-state index in [1.165, 1.54) is 6.21 Å². The predicted molar refractivity (Wildman–Crippen MR) is 103 cm³/mol. The van der Waals surface area contributed by atoms with Crippen molar-refractivity contribution >= 4 is 35.2 Å². The number of benzene rings is 2. The second-order valence-corrected chi connectivity index (χ2v) is 5.99. The molecule has 2 heterocycles. The number of aromatic nitrogens is 4. The van der Waals surface area contributed by atoms with Gasteiger partial charge in [0.15, 0.2) is 4.77 Å². The molecule has 4 aromatic rings. The molecular weight excluding hydrogens is 350 g/mol. The van der Waals surface area contributed by atoms with Crippen LogP contribution in [0.4, 0.5) is 5.69 Å². The number of nitrogens with zero attached hydrogens (tertiary/aromatic N) is 2. The fourth-order valence-electron chi connectivity index (χ4n) is 2.54. The Bertz CT molecular complexity index is 1200. The van der Waals surface area contributed by atoms with Crippen LogP contribution in [0.3, 0.4) is 0 Å². The van der Waals surface area contributed by atoms with Gasteiger partial charge in [0.25, 0.3) is 5.56 Å². The van der Waals surface area contributed by atoms with Crippen LogP contribution in [0.2, 0.25) is 0 Å². The minimum Gasteiger partial charge on any atom is -0.494 e. The largest absolute Gasteiger partial charge is 0.494 e. The van der Waals surface area contributed by atoms with E-state index in [0.717, 1.165) is 22.4 Å². The summed E-state index contributed by atoms with van der Waals surface area (Å²) in [6, 6.07) is 15.2. The number of aliphatic imine (C=N–C) groups is 1. The van der Waals surface area contributed by atoms with Crippen LogP contribution in [-0.2, 0) is 0 Å². The molecule has 0 radical (unpaired) electrons. The summed E-state index contributed by atoms with van der Waals surface area (Å²) in [6.45, 7) is 0. The average Bonchev–Trinajstić information content (AvgIpc) is 3.05. The van der Waals surface area contributed by atoms with Gasteiger partial charge in [-0.05, 0) is 48.6 Å². The van der Waals surface area contributed by atoms with E-state index in [1.54, 1.807) is 12.1 Å². The molecular formula is C18H13N5O2S. The van der Waals surface area contributed by atoms with Gasteiger partial charge in [-0.15, -0.1) is 0 Å². The van der Waals surface area contributed by atoms with Crippen molar-refractivity contribution in [2.24, 2.45) is 4.99 Å². The van der Waals surface area contributed by atoms with Crippen molar-refractivity contribution in [2.75, 3.05) is 0 Å². The summed E-state index contributed by atoms with van der Waals surface area (Å²) in [5.41, 5.74) is 2.94. The van der Waals surface area contributed by atoms with Gasteiger partial charge >= 0.3 is 0 Å². The molecule has 0 bridgehead atoms. The smallest absolute Gasteiger partial charge is 0.264 e. The topological polar surface area (TPSA) is 110 Å². The fourth-order valence-corrected chi connectivity index (χ4v) is 2.73. The van der Waals surface area contributed by atoms with Crippen LogP contribution in [0, 0.1) is 4.77 Å². The minimum absolute atomic E-state index is 0.0139. The summed E-state index contributed by atoms with van der Waals surface area (Å²) in [5, 5.41) is 9.77. The van der Waals surface area contributed by atoms with Crippen molar-refractivity contribution in [1.82, 2.24) is 19.9 Å². The van der Waals surface area contributed by atoms with Crippen molar-refractivity contribution in [3.63, 3.8) is 0 Å². The van der Waals surface area contributed by atoms with Crippen LogP contribution in [0.5, 0.6) is 5.88 Å². The molecule has 0 saturated heterocycles. The van der Waals surface area contributed by atoms with Crippen LogP contribution in [0.1, 0.15) is 5.56 Å². The van der Waals surface area contributed by atoms with Gasteiger partial charge in [-0.25, -0.2) is 4.98 Å². The van der Waals surface area contributed by atoms with Crippen LogP contribution < -0.4 is 5.56 Å². The summed E-state index contributed by atoms with van der Waals surface area (Å²) < 4.78 is 0.0554. The standard InChI is InChI=1S/C18H13N5O2S/c24-16-12(17(25)23-18(26)22-16)9-19-11-7-5-10(6-8-11)15-20-13-3-1-2-4-14(13)21-15/h1-9H,(H,20,21)(H3,22,23,24,25,26). The Labute approximate surface area is 152 Å². The van der Waals surface area contributed by atoms with Crippen molar-refractivity contribution in [3.8, 4) is 17.3 Å². The third-order valence-corrected chi connectivity index (χ3v) is 4.04. The van der Waals surface area contributed by atoms with E-state index in [9.17, 15) is 9.90 Å². The number of fused-ring (bicyclic) bond motifs is 1. The Hall–Kier alpha value is -3.52. The molecule has 2 aromatic carbocycles. The van der Waals surface area contributed by atoms with Gasteiger partial charge in [-0.2, -0.15) is 0 Å². The quantitative estimate of drug-likeness (QED) is 0.330. The number of hydrogen-bond donors (Lipinski definition) is 4. The predicted octanol–water partition coefficient (Wildman–Crippen LogP) is 3.43. The number of H-pyrrole nitrogens is 3. The minimum atomic E-state index is -0.506. The van der Waals surface area contributed by atoms with Crippen LogP contribution in [0.15, 0.2) is 58.3 Å². The third kappa shape index (κ3) is 3.05. The molecule has 128 valence electrons. The molecule has 0 aliphatic rings. The molecule has 4 N–H and O–H groups in total. The first kappa shape index (κ1) is 16.0. The Morgan fingerprint density at radius 1 is 1.04 bits per heavy atom. The zero-order chi connectivity index (χ0) is 18.1. The first-order valence-corrected chi connectivity index (χ1v) is 8.16. The molecule has 0 aliphatic heterocycles. The second-order valence-electron chi connectivity index (χ2n) is 5.58. The summed E-state index contributed by atoms with van der Waals surface area (Å²) in [6.07, 6.45) is 1.29. The lowest BCUT2D eigenvalue weighted by molar-refractivity contribution is 0.449. The highest BCUT2D eigenvalue weighted by molar-refractivity contribution is 7.71. The van der Waals surface area contributed by atoms with Gasteiger partial charge in [-0.3, -0.25) is 14.8 Å². The Kier molecular flexibility index (Phi) is 3.94. The van der Waals surface area contributed by atoms with Crippen LogP contribution >= 0.6 is 12.2 Å². The Balaban J connectivity index is 1.62. The normalized spacial score (nSPS) is 11.4. The average molecular weight is 363 g/mol. The van der Waals surface area contributed by atoms with Crippen molar-refractivity contribution in [3.05, 3.63) is 69.2 Å². The van der Waals surface area contributed by atoms with Gasteiger partial charge in [-0.1, -0.05) is 12.1 Å². The van der Waals surface area contributed by atoms with E-state index >= 15 is 0 Å². The molecule has 0 amide bonds. The maximum atomic E-state index is 11.8. The maximum Gasteiger partial charge on any atom is 0.264 e. The van der Waals surface area contributed by atoms with Crippen LogP contribution in [0.25, 0.3) is 22.4 Å².